The Morgan fingerprint density at radius 2 is 1.90 bits per heavy atom. The van der Waals surface area contributed by atoms with Crippen molar-refractivity contribution in [2.75, 3.05) is 16.8 Å². The second kappa shape index (κ2) is 7.97. The van der Waals surface area contributed by atoms with Crippen molar-refractivity contribution in [2.45, 2.75) is 13.5 Å². The van der Waals surface area contributed by atoms with Crippen LogP contribution in [0.2, 0.25) is 5.02 Å². The number of amides is 2. The molecule has 0 bridgehead atoms. The van der Waals surface area contributed by atoms with Gasteiger partial charge in [0.2, 0.25) is 0 Å². The number of nitrogens with one attached hydrogen (secondary N) is 1. The minimum atomic E-state index is -0.207. The van der Waals surface area contributed by atoms with Gasteiger partial charge < -0.3 is 15.0 Å². The summed E-state index contributed by atoms with van der Waals surface area (Å²) in [7, 11) is 0. The largest absolute Gasteiger partial charge is 0.482 e. The Balaban J connectivity index is 1.60. The number of aryl methyl sites for hydroxylation is 1. The topological polar surface area (TPSA) is 58.6 Å². The number of carbonyl (C=O) groups excluding carboxylic acids is 2. The van der Waals surface area contributed by atoms with Gasteiger partial charge in [0.25, 0.3) is 11.8 Å². The van der Waals surface area contributed by atoms with Crippen LogP contribution in [0, 0.1) is 6.92 Å². The normalized spacial score (nSPS) is 12.9. The minimum absolute atomic E-state index is 0.0183. The van der Waals surface area contributed by atoms with Gasteiger partial charge in [-0.25, -0.2) is 0 Å². The fraction of sp³-hybridized carbons (Fsp3) is 0.130. The monoisotopic (exact) mass is 406 g/mol. The van der Waals surface area contributed by atoms with Gasteiger partial charge in [0.1, 0.15) is 5.75 Å². The Kier molecular flexibility index (Phi) is 5.23. The lowest BCUT2D eigenvalue weighted by Gasteiger charge is -2.30. The second-order valence-electron chi connectivity index (χ2n) is 6.90. The lowest BCUT2D eigenvalue weighted by atomic mass is 10.1. The summed E-state index contributed by atoms with van der Waals surface area (Å²) in [5.74, 6) is 0.252. The number of fused-ring (bicyclic) bond motifs is 1. The number of halogens is 1. The van der Waals surface area contributed by atoms with Crippen LogP contribution in [0.4, 0.5) is 11.4 Å². The zero-order valence-electron chi connectivity index (χ0n) is 15.8. The van der Waals surface area contributed by atoms with E-state index in [2.05, 4.69) is 5.32 Å². The van der Waals surface area contributed by atoms with Crippen LogP contribution in [0.15, 0.2) is 66.7 Å². The van der Waals surface area contributed by atoms with E-state index >= 15 is 0 Å². The maximum Gasteiger partial charge on any atom is 0.265 e. The highest BCUT2D eigenvalue weighted by Gasteiger charge is 2.26. The van der Waals surface area contributed by atoms with Crippen molar-refractivity contribution >= 4 is 34.8 Å². The molecular formula is C23H19ClN2O3. The average Bonchev–Trinajstić information content (AvgIpc) is 2.71. The molecule has 0 saturated heterocycles. The molecular weight excluding hydrogens is 388 g/mol. The maximum atomic E-state index is 12.6. The quantitative estimate of drug-likeness (QED) is 0.675. The molecule has 4 rings (SSSR count). The van der Waals surface area contributed by atoms with Crippen LogP contribution in [-0.4, -0.2) is 18.4 Å². The lowest BCUT2D eigenvalue weighted by molar-refractivity contribution is -0.121. The maximum absolute atomic E-state index is 12.6. The van der Waals surface area contributed by atoms with Gasteiger partial charge in [-0.05, 0) is 55.0 Å². The minimum Gasteiger partial charge on any atom is -0.482 e. The fourth-order valence-electron chi connectivity index (χ4n) is 3.22. The molecule has 0 unspecified atom stereocenters. The molecule has 29 heavy (non-hydrogen) atoms. The number of ether oxygens (including phenoxy) is 1. The van der Waals surface area contributed by atoms with Crippen LogP contribution in [0.3, 0.4) is 0 Å². The van der Waals surface area contributed by atoms with E-state index in [1.54, 1.807) is 41.3 Å². The third-order valence-corrected chi connectivity index (χ3v) is 4.95. The van der Waals surface area contributed by atoms with Crippen LogP contribution in [0.1, 0.15) is 21.5 Å². The van der Waals surface area contributed by atoms with Gasteiger partial charge in [0.05, 0.1) is 12.2 Å². The van der Waals surface area contributed by atoms with E-state index in [0.29, 0.717) is 34.3 Å². The Hall–Kier alpha value is -3.31. The van der Waals surface area contributed by atoms with Crippen molar-refractivity contribution in [2.24, 2.45) is 0 Å². The molecule has 0 aliphatic carbocycles. The average molecular weight is 407 g/mol. The van der Waals surface area contributed by atoms with Gasteiger partial charge in [-0.3, -0.25) is 9.59 Å². The SMILES string of the molecule is Cc1cccc(C(=O)Nc2ccc3c(c2)N(Cc2ccc(Cl)cc2)C(=O)CO3)c1. The zero-order valence-corrected chi connectivity index (χ0v) is 16.6. The molecule has 1 aliphatic rings. The molecule has 3 aromatic rings. The smallest absolute Gasteiger partial charge is 0.265 e. The highest BCUT2D eigenvalue weighted by molar-refractivity contribution is 6.30. The molecule has 1 aliphatic heterocycles. The van der Waals surface area contributed by atoms with Gasteiger partial charge in [0.15, 0.2) is 6.61 Å². The highest BCUT2D eigenvalue weighted by Crippen LogP contribution is 2.35. The summed E-state index contributed by atoms with van der Waals surface area (Å²) in [4.78, 5) is 26.7. The summed E-state index contributed by atoms with van der Waals surface area (Å²) in [5, 5.41) is 3.53. The number of nitrogens with zero attached hydrogens (tertiary/aromatic N) is 1. The number of hydrogen-bond donors (Lipinski definition) is 1. The van der Waals surface area contributed by atoms with E-state index in [1.807, 2.05) is 37.3 Å². The van der Waals surface area contributed by atoms with Crippen molar-refractivity contribution < 1.29 is 14.3 Å². The van der Waals surface area contributed by atoms with Crippen LogP contribution in [0.5, 0.6) is 5.75 Å². The second-order valence-corrected chi connectivity index (χ2v) is 7.34. The molecule has 0 radical (unpaired) electrons. The molecule has 1 N–H and O–H groups in total. The van der Waals surface area contributed by atoms with Crippen LogP contribution < -0.4 is 15.0 Å². The zero-order chi connectivity index (χ0) is 20.4. The van der Waals surface area contributed by atoms with Crippen molar-refractivity contribution in [3.63, 3.8) is 0 Å². The molecule has 3 aromatic carbocycles. The highest BCUT2D eigenvalue weighted by atomic mass is 35.5. The van der Waals surface area contributed by atoms with E-state index in [4.69, 9.17) is 16.3 Å². The van der Waals surface area contributed by atoms with Gasteiger partial charge in [0, 0.05) is 16.3 Å². The van der Waals surface area contributed by atoms with Crippen molar-refractivity contribution in [3.8, 4) is 5.75 Å². The van der Waals surface area contributed by atoms with Gasteiger partial charge >= 0.3 is 0 Å². The number of anilines is 2. The molecule has 0 spiro atoms. The predicted molar refractivity (Wildman–Crippen MR) is 114 cm³/mol. The number of hydrogen-bond acceptors (Lipinski definition) is 3. The van der Waals surface area contributed by atoms with Crippen molar-refractivity contribution in [1.29, 1.82) is 0 Å². The molecule has 5 nitrogen and oxygen atoms in total. The summed E-state index contributed by atoms with van der Waals surface area (Å²) in [6.07, 6.45) is 0. The molecule has 0 saturated carbocycles. The molecule has 0 aromatic heterocycles. The molecule has 0 fully saturated rings. The van der Waals surface area contributed by atoms with Gasteiger partial charge in [-0.2, -0.15) is 0 Å². The third-order valence-electron chi connectivity index (χ3n) is 4.69. The first-order chi connectivity index (χ1) is 14.0. The predicted octanol–water partition coefficient (Wildman–Crippen LogP) is 4.83. The molecule has 6 heteroatoms. The van der Waals surface area contributed by atoms with Crippen molar-refractivity contribution in [3.05, 3.63) is 88.4 Å². The first-order valence-corrected chi connectivity index (χ1v) is 9.57. The fourth-order valence-corrected chi connectivity index (χ4v) is 3.34. The molecule has 1 heterocycles. The summed E-state index contributed by atoms with van der Waals surface area (Å²) in [6.45, 7) is 2.31. The van der Waals surface area contributed by atoms with E-state index in [-0.39, 0.29) is 18.4 Å². The van der Waals surface area contributed by atoms with E-state index in [9.17, 15) is 9.59 Å². The summed E-state index contributed by atoms with van der Waals surface area (Å²) < 4.78 is 5.56. The molecule has 2 amide bonds. The van der Waals surface area contributed by atoms with Crippen LogP contribution in [-0.2, 0) is 11.3 Å². The number of carbonyl (C=O) groups is 2. The Bertz CT molecular complexity index is 1080. The number of benzene rings is 3. The van der Waals surface area contributed by atoms with Crippen molar-refractivity contribution in [1.82, 2.24) is 0 Å². The van der Waals surface area contributed by atoms with Gasteiger partial charge in [-0.15, -0.1) is 0 Å². The summed E-state index contributed by atoms with van der Waals surface area (Å²) in [5.41, 5.74) is 3.75. The van der Waals surface area contributed by atoms with Gasteiger partial charge in [-0.1, -0.05) is 41.4 Å². The van der Waals surface area contributed by atoms with Crippen LogP contribution >= 0.6 is 11.6 Å². The molecule has 0 atom stereocenters. The summed E-state index contributed by atoms with van der Waals surface area (Å²) in [6, 6.07) is 20.0. The van der Waals surface area contributed by atoms with E-state index in [1.165, 1.54) is 0 Å². The molecule has 146 valence electrons. The van der Waals surface area contributed by atoms with E-state index in [0.717, 1.165) is 11.1 Å². The van der Waals surface area contributed by atoms with Crippen LogP contribution in [0.25, 0.3) is 0 Å². The lowest BCUT2D eigenvalue weighted by Crippen LogP contribution is -2.38. The van der Waals surface area contributed by atoms with E-state index < -0.39 is 0 Å². The first kappa shape index (κ1) is 19.0. The third kappa shape index (κ3) is 4.25. The Morgan fingerprint density at radius 1 is 1.10 bits per heavy atom. The standard InChI is InChI=1S/C23H19ClN2O3/c1-15-3-2-4-17(11-15)23(28)25-19-9-10-21-20(12-19)26(22(27)14-29-21)13-16-5-7-18(24)8-6-16/h2-12H,13-14H2,1H3,(H,25,28). The number of rotatable bonds is 4. The summed E-state index contributed by atoms with van der Waals surface area (Å²) >= 11 is 5.95. The Morgan fingerprint density at radius 3 is 2.66 bits per heavy atom. The Labute approximate surface area is 173 Å². The first-order valence-electron chi connectivity index (χ1n) is 9.19.